The second kappa shape index (κ2) is 8.19. The van der Waals surface area contributed by atoms with Crippen LogP contribution >= 0.6 is 11.8 Å². The number of piperidine rings is 1. The summed E-state index contributed by atoms with van der Waals surface area (Å²) in [7, 11) is 0. The third-order valence-electron chi connectivity index (χ3n) is 6.13. The third-order valence-corrected chi connectivity index (χ3v) is 6.74. The number of hydrogen-bond acceptors (Lipinski definition) is 4. The zero-order valence-corrected chi connectivity index (χ0v) is 18.7. The SMILES string of the molecule is CSCCC1(Cc2ccccc2)NC2(CCN(C(=O)O)CC2)N(C(C)(C)C)C1=O. The minimum atomic E-state index is -0.885. The van der Waals surface area contributed by atoms with Gasteiger partial charge in [0.05, 0.1) is 5.66 Å². The van der Waals surface area contributed by atoms with Crippen molar-refractivity contribution in [3.05, 3.63) is 35.9 Å². The Balaban J connectivity index is 1.99. The van der Waals surface area contributed by atoms with Gasteiger partial charge in [-0.3, -0.25) is 10.1 Å². The van der Waals surface area contributed by atoms with E-state index in [4.69, 9.17) is 0 Å². The molecule has 0 radical (unpaired) electrons. The molecule has 3 rings (SSSR count). The van der Waals surface area contributed by atoms with Gasteiger partial charge in [-0.15, -0.1) is 0 Å². The summed E-state index contributed by atoms with van der Waals surface area (Å²) in [5, 5.41) is 13.2. The summed E-state index contributed by atoms with van der Waals surface area (Å²) < 4.78 is 0. The van der Waals surface area contributed by atoms with Crippen molar-refractivity contribution < 1.29 is 14.7 Å². The van der Waals surface area contributed by atoms with Crippen LogP contribution in [-0.4, -0.2) is 68.7 Å². The van der Waals surface area contributed by atoms with Gasteiger partial charge < -0.3 is 14.9 Å². The first-order chi connectivity index (χ1) is 13.6. The van der Waals surface area contributed by atoms with Gasteiger partial charge in [-0.2, -0.15) is 11.8 Å². The van der Waals surface area contributed by atoms with Crippen molar-refractivity contribution in [2.75, 3.05) is 25.1 Å². The van der Waals surface area contributed by atoms with Crippen LogP contribution in [0.3, 0.4) is 0 Å². The van der Waals surface area contributed by atoms with E-state index in [-0.39, 0.29) is 11.4 Å². The highest BCUT2D eigenvalue weighted by atomic mass is 32.2. The first-order valence-corrected chi connectivity index (χ1v) is 11.7. The molecule has 6 nitrogen and oxygen atoms in total. The lowest BCUT2D eigenvalue weighted by Crippen LogP contribution is -2.64. The number of hydrogen-bond donors (Lipinski definition) is 2. The van der Waals surface area contributed by atoms with E-state index in [0.717, 1.165) is 17.7 Å². The Hall–Kier alpha value is -1.73. The molecule has 2 aliphatic rings. The molecule has 1 aromatic rings. The fourth-order valence-corrected chi connectivity index (χ4v) is 5.48. The molecular formula is C22H33N3O3S. The van der Waals surface area contributed by atoms with Crippen LogP contribution in [-0.2, 0) is 11.2 Å². The first kappa shape index (κ1) is 22.0. The molecule has 2 saturated heterocycles. The van der Waals surface area contributed by atoms with Crippen molar-refractivity contribution in [3.63, 3.8) is 0 Å². The average Bonchev–Trinajstić information content (AvgIpc) is 2.89. The summed E-state index contributed by atoms with van der Waals surface area (Å²) >= 11 is 1.75. The Morgan fingerprint density at radius 2 is 1.83 bits per heavy atom. The van der Waals surface area contributed by atoms with Gasteiger partial charge in [-0.1, -0.05) is 30.3 Å². The molecule has 29 heavy (non-hydrogen) atoms. The quantitative estimate of drug-likeness (QED) is 0.765. The summed E-state index contributed by atoms with van der Waals surface area (Å²) in [5.74, 6) is 1.03. The maximum Gasteiger partial charge on any atom is 0.407 e. The Kier molecular flexibility index (Phi) is 6.20. The minimum Gasteiger partial charge on any atom is -0.465 e. The van der Waals surface area contributed by atoms with Crippen LogP contribution in [0.2, 0.25) is 0 Å². The van der Waals surface area contributed by atoms with Crippen molar-refractivity contribution in [1.29, 1.82) is 0 Å². The number of nitrogens with one attached hydrogen (secondary N) is 1. The van der Waals surface area contributed by atoms with Gasteiger partial charge in [0.1, 0.15) is 5.54 Å². The first-order valence-electron chi connectivity index (χ1n) is 10.3. The molecule has 2 N–H and O–H groups in total. The molecule has 1 aromatic carbocycles. The van der Waals surface area contributed by atoms with Gasteiger partial charge in [-0.25, -0.2) is 4.79 Å². The predicted octanol–water partition coefficient (Wildman–Crippen LogP) is 3.42. The lowest BCUT2D eigenvalue weighted by Gasteiger charge is -2.49. The smallest absolute Gasteiger partial charge is 0.407 e. The van der Waals surface area contributed by atoms with Crippen LogP contribution in [0.5, 0.6) is 0 Å². The van der Waals surface area contributed by atoms with E-state index in [1.54, 1.807) is 11.8 Å². The number of benzene rings is 1. The van der Waals surface area contributed by atoms with E-state index in [9.17, 15) is 14.7 Å². The molecule has 1 spiro atoms. The molecule has 160 valence electrons. The molecule has 2 heterocycles. The third kappa shape index (κ3) is 4.26. The van der Waals surface area contributed by atoms with Gasteiger partial charge in [-0.05, 0) is 51.2 Å². The van der Waals surface area contributed by atoms with Crippen LogP contribution in [0, 0.1) is 0 Å². The largest absolute Gasteiger partial charge is 0.465 e. The van der Waals surface area contributed by atoms with Crippen molar-refractivity contribution in [2.24, 2.45) is 0 Å². The second-order valence-corrected chi connectivity index (χ2v) is 10.2. The number of carbonyl (C=O) groups excluding carboxylic acids is 1. The molecule has 0 saturated carbocycles. The summed E-state index contributed by atoms with van der Waals surface area (Å²) in [6.45, 7) is 7.10. The number of carbonyl (C=O) groups is 2. The molecule has 0 bridgehead atoms. The molecular weight excluding hydrogens is 386 g/mol. The monoisotopic (exact) mass is 419 g/mol. The van der Waals surface area contributed by atoms with Gasteiger partial charge in [0.25, 0.3) is 0 Å². The minimum absolute atomic E-state index is 0.145. The normalized spacial score (nSPS) is 24.3. The van der Waals surface area contributed by atoms with Gasteiger partial charge in [0.2, 0.25) is 5.91 Å². The zero-order valence-electron chi connectivity index (χ0n) is 17.9. The van der Waals surface area contributed by atoms with E-state index in [1.165, 1.54) is 4.90 Å². The van der Waals surface area contributed by atoms with E-state index in [2.05, 4.69) is 44.5 Å². The number of thioether (sulfide) groups is 1. The maximum atomic E-state index is 14.0. The lowest BCUT2D eigenvalue weighted by molar-refractivity contribution is -0.142. The number of nitrogens with zero attached hydrogens (tertiary/aromatic N) is 2. The fourth-order valence-electron chi connectivity index (χ4n) is 4.92. The van der Waals surface area contributed by atoms with Crippen LogP contribution in [0.4, 0.5) is 4.79 Å². The zero-order chi connectivity index (χ0) is 21.3. The van der Waals surface area contributed by atoms with E-state index < -0.39 is 17.3 Å². The topological polar surface area (TPSA) is 72.9 Å². The van der Waals surface area contributed by atoms with Crippen molar-refractivity contribution >= 4 is 23.8 Å². The molecule has 2 aliphatic heterocycles. The van der Waals surface area contributed by atoms with Gasteiger partial charge in [0, 0.05) is 31.5 Å². The highest BCUT2D eigenvalue weighted by Gasteiger charge is 2.61. The molecule has 2 amide bonds. The predicted molar refractivity (Wildman–Crippen MR) is 117 cm³/mol. The molecule has 0 aromatic heterocycles. The van der Waals surface area contributed by atoms with Crippen LogP contribution in [0.15, 0.2) is 30.3 Å². The molecule has 1 atom stereocenters. The van der Waals surface area contributed by atoms with E-state index in [0.29, 0.717) is 32.4 Å². The van der Waals surface area contributed by atoms with Crippen molar-refractivity contribution in [3.8, 4) is 0 Å². The summed E-state index contributed by atoms with van der Waals surface area (Å²) in [6.07, 6.45) is 3.79. The summed E-state index contributed by atoms with van der Waals surface area (Å²) in [5.41, 5.74) is -0.381. The average molecular weight is 420 g/mol. The standard InChI is InChI=1S/C22H33N3O3S/c1-20(2,3)25-18(26)21(12-15-29-4,16-17-8-6-5-7-9-17)23-22(25)10-13-24(14-11-22)19(27)28/h5-9,23H,10-16H2,1-4H3,(H,27,28). The van der Waals surface area contributed by atoms with E-state index in [1.807, 2.05) is 23.1 Å². The number of amides is 2. The highest BCUT2D eigenvalue weighted by molar-refractivity contribution is 7.98. The molecule has 7 heteroatoms. The van der Waals surface area contributed by atoms with Crippen molar-refractivity contribution in [2.45, 2.75) is 63.2 Å². The second-order valence-electron chi connectivity index (χ2n) is 9.22. The van der Waals surface area contributed by atoms with Crippen LogP contribution in [0.1, 0.15) is 45.6 Å². The molecule has 1 unspecified atom stereocenters. The number of likely N-dealkylation sites (tertiary alicyclic amines) is 1. The van der Waals surface area contributed by atoms with Crippen LogP contribution in [0.25, 0.3) is 0 Å². The Morgan fingerprint density at radius 3 is 2.34 bits per heavy atom. The van der Waals surface area contributed by atoms with Crippen molar-refractivity contribution in [1.82, 2.24) is 15.1 Å². The lowest BCUT2D eigenvalue weighted by atomic mass is 9.87. The maximum absolute atomic E-state index is 14.0. The Morgan fingerprint density at radius 1 is 1.21 bits per heavy atom. The number of rotatable bonds is 5. The summed E-state index contributed by atoms with van der Waals surface area (Å²) in [6, 6.07) is 10.2. The summed E-state index contributed by atoms with van der Waals surface area (Å²) in [4.78, 5) is 28.9. The van der Waals surface area contributed by atoms with Gasteiger partial charge >= 0.3 is 6.09 Å². The number of carboxylic acid groups (broad SMARTS) is 1. The van der Waals surface area contributed by atoms with Crippen LogP contribution < -0.4 is 5.32 Å². The van der Waals surface area contributed by atoms with Gasteiger partial charge in [0.15, 0.2) is 0 Å². The Bertz CT molecular complexity index is 741. The van der Waals surface area contributed by atoms with E-state index >= 15 is 0 Å². The molecule has 2 fully saturated rings. The Labute approximate surface area is 178 Å². The fraction of sp³-hybridized carbons (Fsp3) is 0.636. The highest BCUT2D eigenvalue weighted by Crippen LogP contribution is 2.43. The molecule has 0 aliphatic carbocycles.